The Morgan fingerprint density at radius 2 is 1.79 bits per heavy atom. The van der Waals surface area contributed by atoms with Crippen LogP contribution in [0.3, 0.4) is 0 Å². The van der Waals surface area contributed by atoms with Gasteiger partial charge in [-0.2, -0.15) is 0 Å². The first-order valence-electron chi connectivity index (χ1n) is 8.48. The number of hydrogen-bond donors (Lipinski definition) is 1. The molecule has 9 heteroatoms. The van der Waals surface area contributed by atoms with E-state index in [-0.39, 0.29) is 12.3 Å². The third-order valence-corrected chi connectivity index (χ3v) is 4.95. The average Bonchev–Trinajstić information content (AvgIpc) is 2.61. The summed E-state index contributed by atoms with van der Waals surface area (Å²) in [6, 6.07) is 9.62. The fourth-order valence-corrected chi connectivity index (χ4v) is 3.24. The number of benzene rings is 2. The molecule has 1 N–H and O–H groups in total. The molecule has 0 heterocycles. The smallest absolute Gasteiger partial charge is 0.241 e. The molecule has 0 aliphatic heterocycles. The van der Waals surface area contributed by atoms with Crippen LogP contribution in [0.5, 0.6) is 5.75 Å². The maximum atomic E-state index is 13.4. The Hall–Kier alpha value is -2.68. The molecule has 1 atom stereocenters. The number of amides is 1. The van der Waals surface area contributed by atoms with Crippen LogP contribution in [0.15, 0.2) is 42.5 Å². The van der Waals surface area contributed by atoms with E-state index in [2.05, 4.69) is 5.32 Å². The van der Waals surface area contributed by atoms with Gasteiger partial charge in [0.15, 0.2) is 11.6 Å². The van der Waals surface area contributed by atoms with Crippen LogP contribution in [0.2, 0.25) is 0 Å². The second kappa shape index (κ2) is 9.01. The molecule has 2 aromatic carbocycles. The highest BCUT2D eigenvalue weighted by atomic mass is 32.2. The number of rotatable bonds is 8. The maximum absolute atomic E-state index is 13.4. The van der Waals surface area contributed by atoms with Crippen molar-refractivity contribution in [2.75, 3.05) is 23.7 Å². The number of nitrogens with zero attached hydrogens (tertiary/aromatic N) is 1. The van der Waals surface area contributed by atoms with Crippen molar-refractivity contribution >= 4 is 21.6 Å². The molecular formula is C19H22F2N2O4S. The SMILES string of the molecule is Cc1ccc(OC[C@H](C)NC(=O)CN(c2ccc(F)c(F)c2)S(C)(=O)=O)cc1. The van der Waals surface area contributed by atoms with Crippen molar-refractivity contribution in [3.8, 4) is 5.75 Å². The number of carbonyl (C=O) groups is 1. The van der Waals surface area contributed by atoms with Crippen molar-refractivity contribution in [2.45, 2.75) is 19.9 Å². The Morgan fingerprint density at radius 1 is 1.14 bits per heavy atom. The largest absolute Gasteiger partial charge is 0.491 e. The second-order valence-electron chi connectivity index (χ2n) is 6.46. The Bertz CT molecular complexity index is 933. The molecule has 6 nitrogen and oxygen atoms in total. The minimum Gasteiger partial charge on any atom is -0.491 e. The minimum absolute atomic E-state index is 0.139. The molecule has 0 radical (unpaired) electrons. The summed E-state index contributed by atoms with van der Waals surface area (Å²) in [6.45, 7) is 3.26. The van der Waals surface area contributed by atoms with Crippen molar-refractivity contribution in [3.05, 3.63) is 59.7 Å². The van der Waals surface area contributed by atoms with E-state index in [0.717, 1.165) is 30.0 Å². The minimum atomic E-state index is -3.89. The lowest BCUT2D eigenvalue weighted by Crippen LogP contribution is -2.45. The van der Waals surface area contributed by atoms with Crippen LogP contribution in [0.25, 0.3) is 0 Å². The van der Waals surface area contributed by atoms with Crippen molar-refractivity contribution in [3.63, 3.8) is 0 Å². The van der Waals surface area contributed by atoms with Crippen LogP contribution in [0.4, 0.5) is 14.5 Å². The molecule has 0 fully saturated rings. The van der Waals surface area contributed by atoms with E-state index in [1.165, 1.54) is 0 Å². The highest BCUT2D eigenvalue weighted by Crippen LogP contribution is 2.20. The summed E-state index contributed by atoms with van der Waals surface area (Å²) in [7, 11) is -3.89. The standard InChI is InChI=1S/C19H22F2N2O4S/c1-13-4-7-16(8-5-13)27-12-14(2)22-19(24)11-23(28(3,25)26)15-6-9-17(20)18(21)10-15/h4-10,14H,11-12H2,1-3H3,(H,22,24)/t14-/m0/s1. The fraction of sp³-hybridized carbons (Fsp3) is 0.316. The number of carbonyl (C=O) groups excluding carboxylic acids is 1. The van der Waals surface area contributed by atoms with E-state index in [1.807, 2.05) is 19.1 Å². The number of anilines is 1. The fourth-order valence-electron chi connectivity index (χ4n) is 2.39. The second-order valence-corrected chi connectivity index (χ2v) is 8.37. The molecule has 2 rings (SSSR count). The molecular weight excluding hydrogens is 390 g/mol. The van der Waals surface area contributed by atoms with Crippen LogP contribution in [0, 0.1) is 18.6 Å². The molecule has 152 valence electrons. The zero-order valence-electron chi connectivity index (χ0n) is 15.8. The van der Waals surface area contributed by atoms with E-state index in [9.17, 15) is 22.0 Å². The van der Waals surface area contributed by atoms with Crippen LogP contribution in [-0.4, -0.2) is 39.8 Å². The van der Waals surface area contributed by atoms with Gasteiger partial charge in [0.05, 0.1) is 18.0 Å². The molecule has 0 saturated carbocycles. The lowest BCUT2D eigenvalue weighted by Gasteiger charge is -2.23. The van der Waals surface area contributed by atoms with Crippen molar-refractivity contribution in [2.24, 2.45) is 0 Å². The molecule has 0 aliphatic carbocycles. The molecule has 0 saturated heterocycles. The number of ether oxygens (including phenoxy) is 1. The van der Waals surface area contributed by atoms with E-state index in [4.69, 9.17) is 4.74 Å². The van der Waals surface area contributed by atoms with Gasteiger partial charge in [-0.25, -0.2) is 17.2 Å². The van der Waals surface area contributed by atoms with Crippen molar-refractivity contribution in [1.29, 1.82) is 0 Å². The first kappa shape index (κ1) is 21.6. The maximum Gasteiger partial charge on any atom is 0.241 e. The lowest BCUT2D eigenvalue weighted by molar-refractivity contribution is -0.120. The molecule has 28 heavy (non-hydrogen) atoms. The quantitative estimate of drug-likeness (QED) is 0.723. The summed E-state index contributed by atoms with van der Waals surface area (Å²) in [5, 5.41) is 2.62. The van der Waals surface area contributed by atoms with Crippen LogP contribution in [-0.2, 0) is 14.8 Å². The Labute approximate surface area is 163 Å². The predicted molar refractivity (Wildman–Crippen MR) is 103 cm³/mol. The first-order chi connectivity index (χ1) is 13.1. The van der Waals surface area contributed by atoms with Gasteiger partial charge >= 0.3 is 0 Å². The van der Waals surface area contributed by atoms with Crippen molar-refractivity contribution < 1.29 is 26.7 Å². The molecule has 0 aromatic heterocycles. The molecule has 2 aromatic rings. The molecule has 0 bridgehead atoms. The Balaban J connectivity index is 1.99. The van der Waals surface area contributed by atoms with Gasteiger partial charge in [-0.3, -0.25) is 9.10 Å². The summed E-state index contributed by atoms with van der Waals surface area (Å²) in [4.78, 5) is 12.3. The van der Waals surface area contributed by atoms with Crippen LogP contribution < -0.4 is 14.4 Å². The number of halogens is 2. The van der Waals surface area contributed by atoms with E-state index < -0.39 is 40.2 Å². The number of nitrogens with one attached hydrogen (secondary N) is 1. The summed E-state index contributed by atoms with van der Waals surface area (Å²) in [5.41, 5.74) is 0.951. The van der Waals surface area contributed by atoms with Gasteiger partial charge in [0.2, 0.25) is 15.9 Å². The molecule has 0 aliphatic rings. The van der Waals surface area contributed by atoms with Gasteiger partial charge in [-0.05, 0) is 38.1 Å². The highest BCUT2D eigenvalue weighted by molar-refractivity contribution is 7.92. The monoisotopic (exact) mass is 412 g/mol. The highest BCUT2D eigenvalue weighted by Gasteiger charge is 2.22. The zero-order valence-corrected chi connectivity index (χ0v) is 16.6. The molecule has 1 amide bonds. The number of hydrogen-bond acceptors (Lipinski definition) is 4. The van der Waals surface area contributed by atoms with Crippen LogP contribution in [0.1, 0.15) is 12.5 Å². The number of aryl methyl sites for hydroxylation is 1. The van der Waals surface area contributed by atoms with Crippen LogP contribution >= 0.6 is 0 Å². The topological polar surface area (TPSA) is 75.7 Å². The van der Waals surface area contributed by atoms with Gasteiger partial charge in [0.25, 0.3) is 0 Å². The Morgan fingerprint density at radius 3 is 2.36 bits per heavy atom. The summed E-state index contributed by atoms with van der Waals surface area (Å²) in [5.74, 6) is -2.27. The van der Waals surface area contributed by atoms with Crippen molar-refractivity contribution in [1.82, 2.24) is 5.32 Å². The predicted octanol–water partition coefficient (Wildman–Crippen LogP) is 2.62. The normalized spacial score (nSPS) is 12.3. The number of sulfonamides is 1. The van der Waals surface area contributed by atoms with E-state index in [1.54, 1.807) is 19.1 Å². The van der Waals surface area contributed by atoms with Gasteiger partial charge < -0.3 is 10.1 Å². The van der Waals surface area contributed by atoms with E-state index >= 15 is 0 Å². The third kappa shape index (κ3) is 6.19. The van der Waals surface area contributed by atoms with Gasteiger partial charge in [-0.15, -0.1) is 0 Å². The van der Waals surface area contributed by atoms with Gasteiger partial charge in [-0.1, -0.05) is 17.7 Å². The zero-order chi connectivity index (χ0) is 20.9. The van der Waals surface area contributed by atoms with E-state index in [0.29, 0.717) is 10.1 Å². The summed E-state index contributed by atoms with van der Waals surface area (Å²) < 4.78 is 56.8. The lowest BCUT2D eigenvalue weighted by atomic mass is 10.2. The molecule has 0 unspecified atom stereocenters. The Kier molecular flexibility index (Phi) is 6.95. The summed E-state index contributed by atoms with van der Waals surface area (Å²) >= 11 is 0. The third-order valence-electron chi connectivity index (χ3n) is 3.81. The first-order valence-corrected chi connectivity index (χ1v) is 10.3. The molecule has 0 spiro atoms. The average molecular weight is 412 g/mol. The van der Waals surface area contributed by atoms with Gasteiger partial charge in [0, 0.05) is 6.07 Å². The summed E-state index contributed by atoms with van der Waals surface area (Å²) in [6.07, 6.45) is 0.880. The van der Waals surface area contributed by atoms with Gasteiger partial charge in [0.1, 0.15) is 18.9 Å².